The van der Waals surface area contributed by atoms with Gasteiger partial charge in [-0.1, -0.05) is 0 Å². The van der Waals surface area contributed by atoms with Crippen LogP contribution in [0.5, 0.6) is 0 Å². The lowest BCUT2D eigenvalue weighted by Gasteiger charge is -2.19. The first-order valence-corrected chi connectivity index (χ1v) is 8.54. The summed E-state index contributed by atoms with van der Waals surface area (Å²) in [6.45, 7) is -1.91. The molecule has 0 aromatic rings. The summed E-state index contributed by atoms with van der Waals surface area (Å²) < 4.78 is 9.37. The second-order valence-electron chi connectivity index (χ2n) is 5.85. The van der Waals surface area contributed by atoms with Crippen LogP contribution in [0.25, 0.3) is 0 Å². The zero-order chi connectivity index (χ0) is 24.8. The van der Waals surface area contributed by atoms with Crippen LogP contribution in [0.4, 0.5) is 0 Å². The summed E-state index contributed by atoms with van der Waals surface area (Å²) in [7, 11) is 0. The molecule has 32 heavy (non-hydrogen) atoms. The Morgan fingerprint density at radius 3 is 2.16 bits per heavy atom. The van der Waals surface area contributed by atoms with Crippen molar-refractivity contribution in [3.8, 4) is 0 Å². The number of carboxylic acid groups (broad SMARTS) is 1. The van der Waals surface area contributed by atoms with Gasteiger partial charge in [0.05, 0.1) is 0 Å². The van der Waals surface area contributed by atoms with Crippen LogP contribution in [0.2, 0.25) is 0 Å². The van der Waals surface area contributed by atoms with Crippen LogP contribution in [0.3, 0.4) is 0 Å². The third-order valence-corrected chi connectivity index (χ3v) is 3.31. The van der Waals surface area contributed by atoms with Crippen molar-refractivity contribution in [1.82, 2.24) is 5.32 Å². The highest BCUT2D eigenvalue weighted by Gasteiger charge is 2.28. The van der Waals surface area contributed by atoms with Gasteiger partial charge in [-0.3, -0.25) is 19.2 Å². The van der Waals surface area contributed by atoms with E-state index in [2.05, 4.69) is 14.4 Å². The van der Waals surface area contributed by atoms with Gasteiger partial charge in [0.1, 0.15) is 25.9 Å². The van der Waals surface area contributed by atoms with Gasteiger partial charge < -0.3 is 35.3 Å². The number of ether oxygens (including phenoxy) is 2. The molecule has 0 radical (unpaired) electrons. The van der Waals surface area contributed by atoms with E-state index >= 15 is 0 Å². The van der Waals surface area contributed by atoms with Crippen molar-refractivity contribution >= 4 is 29.6 Å². The maximum Gasteiger partial charge on any atom is 0.332 e. The smallest absolute Gasteiger partial charge is 0.332 e. The number of nitrogens with zero attached hydrogens (tertiary/aromatic N) is 2. The fraction of sp³-hybridized carbons (Fsp3) is 0.643. The summed E-state index contributed by atoms with van der Waals surface area (Å²) in [5.41, 5.74) is 5.23. The lowest BCUT2D eigenvalue weighted by atomic mass is 10.2. The van der Waals surface area contributed by atoms with Crippen LogP contribution in [0, 0.1) is 20.2 Å². The van der Waals surface area contributed by atoms with E-state index in [-0.39, 0.29) is 6.42 Å². The molecule has 18 nitrogen and oxygen atoms in total. The number of carbonyl (C=O) groups excluding carboxylic acids is 4. The molecule has 4 N–H and O–H groups in total. The molecule has 0 spiro atoms. The number of aliphatic carboxylic acids is 1. The van der Waals surface area contributed by atoms with Crippen molar-refractivity contribution in [1.29, 1.82) is 0 Å². The maximum atomic E-state index is 12.2. The number of amides is 1. The number of carboxylic acids is 1. The van der Waals surface area contributed by atoms with Crippen LogP contribution < -0.4 is 11.1 Å². The predicted molar refractivity (Wildman–Crippen MR) is 94.2 cm³/mol. The Morgan fingerprint density at radius 2 is 1.66 bits per heavy atom. The third-order valence-electron chi connectivity index (χ3n) is 3.31. The van der Waals surface area contributed by atoms with Crippen LogP contribution in [-0.4, -0.2) is 82.9 Å². The minimum Gasteiger partial charge on any atom is -0.480 e. The van der Waals surface area contributed by atoms with Gasteiger partial charge >= 0.3 is 17.9 Å². The molecular formula is C14H20N4O14. The molecule has 0 aliphatic carbocycles. The number of hydrogen-bond donors (Lipinski definition) is 3. The number of ketones is 1. The molecule has 0 aromatic heterocycles. The minimum absolute atomic E-state index is 0.292. The molecular weight excluding hydrogens is 448 g/mol. The topological polar surface area (TPSA) is 267 Å². The molecule has 180 valence electrons. The highest BCUT2D eigenvalue weighted by Crippen LogP contribution is 2.02. The fourth-order valence-electron chi connectivity index (χ4n) is 1.72. The van der Waals surface area contributed by atoms with Gasteiger partial charge in [0.25, 0.3) is 16.1 Å². The van der Waals surface area contributed by atoms with Gasteiger partial charge in [-0.05, 0) is 6.42 Å². The number of Topliss-reactive ketones (excluding diaryl/α,β-unsaturated/α-hetero) is 1. The maximum absolute atomic E-state index is 12.2. The van der Waals surface area contributed by atoms with Gasteiger partial charge in [-0.25, -0.2) is 4.79 Å². The summed E-state index contributed by atoms with van der Waals surface area (Å²) in [6.07, 6.45) is -2.46. The largest absolute Gasteiger partial charge is 0.480 e. The highest BCUT2D eigenvalue weighted by atomic mass is 17.0. The van der Waals surface area contributed by atoms with Crippen molar-refractivity contribution in [2.24, 2.45) is 5.73 Å². The summed E-state index contributed by atoms with van der Waals surface area (Å²) in [5.74, 6) is -5.97. The van der Waals surface area contributed by atoms with Gasteiger partial charge in [0.2, 0.25) is 5.78 Å². The zero-order valence-corrected chi connectivity index (χ0v) is 16.5. The molecule has 0 bridgehead atoms. The Morgan fingerprint density at radius 1 is 1.03 bits per heavy atom. The first kappa shape index (κ1) is 27.9. The summed E-state index contributed by atoms with van der Waals surface area (Å²) in [5, 5.41) is 28.5. The normalized spacial score (nSPS) is 12.9. The van der Waals surface area contributed by atoms with E-state index in [0.717, 1.165) is 6.92 Å². The predicted octanol–water partition coefficient (Wildman–Crippen LogP) is -2.88. The van der Waals surface area contributed by atoms with Crippen molar-refractivity contribution in [3.63, 3.8) is 0 Å². The number of carbonyl (C=O) groups is 5. The van der Waals surface area contributed by atoms with E-state index in [1.807, 2.05) is 5.32 Å². The highest BCUT2D eigenvalue weighted by molar-refractivity contribution is 6.35. The number of esters is 2. The van der Waals surface area contributed by atoms with Crippen LogP contribution in [0.1, 0.15) is 19.8 Å². The van der Waals surface area contributed by atoms with Gasteiger partial charge in [0, 0.05) is 13.3 Å². The van der Waals surface area contributed by atoms with Crippen molar-refractivity contribution in [3.05, 3.63) is 20.2 Å². The average molecular weight is 468 g/mol. The Bertz CT molecular complexity index is 741. The molecule has 18 heteroatoms. The first-order chi connectivity index (χ1) is 14.8. The molecule has 3 atom stereocenters. The van der Waals surface area contributed by atoms with E-state index in [0.29, 0.717) is 0 Å². The first-order valence-electron chi connectivity index (χ1n) is 8.54. The van der Waals surface area contributed by atoms with E-state index in [4.69, 9.17) is 15.6 Å². The quantitative estimate of drug-likeness (QED) is 0.0888. The standard InChI is InChI=1S/C14H20N4O14/c1-7(19)12(21)16-10(6-29-11(20)3-2-9(15)13(22)23)14(24)30-4-8(32-18(27)28)5-31-17(25)26/h8-10H,2-6,15H2,1H3,(H,16,21)(H,22,23)/t8-,9+,10+/m1/s1. The molecule has 1 amide bonds. The molecule has 0 aliphatic rings. The molecule has 0 saturated carbocycles. The Labute approximate surface area is 178 Å². The van der Waals surface area contributed by atoms with Crippen molar-refractivity contribution in [2.75, 3.05) is 19.8 Å². The van der Waals surface area contributed by atoms with Crippen LogP contribution in [-0.2, 0) is 43.1 Å². The van der Waals surface area contributed by atoms with E-state index in [9.17, 15) is 44.2 Å². The van der Waals surface area contributed by atoms with Gasteiger partial charge in [0.15, 0.2) is 12.1 Å². The Balaban J connectivity index is 4.99. The minimum atomic E-state index is -1.75. The van der Waals surface area contributed by atoms with Crippen molar-refractivity contribution < 1.29 is 58.4 Å². The van der Waals surface area contributed by atoms with Gasteiger partial charge in [-0.2, -0.15) is 0 Å². The number of nitrogens with two attached hydrogens (primary N) is 1. The van der Waals surface area contributed by atoms with Gasteiger partial charge in [-0.15, -0.1) is 20.2 Å². The van der Waals surface area contributed by atoms with Crippen LogP contribution in [0.15, 0.2) is 0 Å². The van der Waals surface area contributed by atoms with E-state index < -0.39 is 84.2 Å². The monoisotopic (exact) mass is 468 g/mol. The molecule has 0 saturated heterocycles. The number of hydrogen-bond acceptors (Lipinski definition) is 14. The number of rotatable bonds is 16. The average Bonchev–Trinajstić information content (AvgIpc) is 2.69. The molecule has 0 unspecified atom stereocenters. The Kier molecular flexibility index (Phi) is 12.2. The molecule has 0 aromatic carbocycles. The lowest BCUT2D eigenvalue weighted by molar-refractivity contribution is -0.790. The SMILES string of the molecule is CC(=O)C(=O)N[C@@H](COC(=O)CC[C@H](N)C(=O)O)C(=O)OC[C@H](CO[N+](=O)[O-])O[N+](=O)[O-]. The fourth-order valence-corrected chi connectivity index (χ4v) is 1.72. The summed E-state index contributed by atoms with van der Waals surface area (Å²) >= 11 is 0. The molecule has 0 fully saturated rings. The van der Waals surface area contributed by atoms with E-state index in [1.165, 1.54) is 0 Å². The summed E-state index contributed by atoms with van der Waals surface area (Å²) in [4.78, 5) is 85.6. The second kappa shape index (κ2) is 14.0. The zero-order valence-electron chi connectivity index (χ0n) is 16.5. The third kappa shape index (κ3) is 12.5. The second-order valence-corrected chi connectivity index (χ2v) is 5.85. The van der Waals surface area contributed by atoms with Crippen LogP contribution >= 0.6 is 0 Å². The molecule has 0 aliphatic heterocycles. The lowest BCUT2D eigenvalue weighted by Crippen LogP contribution is -2.48. The summed E-state index contributed by atoms with van der Waals surface area (Å²) in [6, 6.07) is -3.10. The molecule has 0 heterocycles. The molecule has 0 rings (SSSR count). The number of nitrogens with one attached hydrogen (secondary N) is 1. The Hall–Kier alpha value is -4.09. The van der Waals surface area contributed by atoms with Crippen molar-refractivity contribution in [2.45, 2.75) is 38.0 Å². The van der Waals surface area contributed by atoms with E-state index in [1.54, 1.807) is 0 Å².